The second-order valence-electron chi connectivity index (χ2n) is 4.76. The molecule has 0 aliphatic heterocycles. The molecular formula is C14H15N3O6. The Kier molecular flexibility index (Phi) is 4.49. The van der Waals surface area contributed by atoms with Crippen molar-refractivity contribution in [3.8, 4) is 11.5 Å². The maximum absolute atomic E-state index is 11.8. The van der Waals surface area contributed by atoms with Crippen molar-refractivity contribution in [1.29, 1.82) is 0 Å². The monoisotopic (exact) mass is 321 g/mol. The number of nitro groups is 1. The van der Waals surface area contributed by atoms with Crippen LogP contribution in [0.4, 0.5) is 5.69 Å². The summed E-state index contributed by atoms with van der Waals surface area (Å²) in [5, 5.41) is 10.8. The van der Waals surface area contributed by atoms with Gasteiger partial charge in [0, 0.05) is 26.2 Å². The summed E-state index contributed by atoms with van der Waals surface area (Å²) in [6.07, 6.45) is 0. The maximum Gasteiger partial charge on any atom is 0.330 e. The lowest BCUT2D eigenvalue weighted by Gasteiger charge is -2.13. The highest BCUT2D eigenvalue weighted by Gasteiger charge is 2.14. The number of hydrogen-bond acceptors (Lipinski definition) is 6. The number of non-ortho nitro benzene ring substituents is 1. The number of methoxy groups -OCH3 is 1. The van der Waals surface area contributed by atoms with Gasteiger partial charge >= 0.3 is 5.69 Å². The van der Waals surface area contributed by atoms with Gasteiger partial charge in [-0.15, -0.1) is 0 Å². The molecule has 0 atom stereocenters. The first-order chi connectivity index (χ1) is 10.8. The molecule has 0 unspecified atom stereocenters. The van der Waals surface area contributed by atoms with Crippen molar-refractivity contribution < 1.29 is 14.4 Å². The van der Waals surface area contributed by atoms with Crippen LogP contribution in [0.25, 0.3) is 0 Å². The summed E-state index contributed by atoms with van der Waals surface area (Å²) >= 11 is 0. The van der Waals surface area contributed by atoms with Crippen LogP contribution in [0.1, 0.15) is 5.69 Å². The summed E-state index contributed by atoms with van der Waals surface area (Å²) in [4.78, 5) is 33.8. The van der Waals surface area contributed by atoms with E-state index >= 15 is 0 Å². The second-order valence-corrected chi connectivity index (χ2v) is 4.76. The zero-order valence-electron chi connectivity index (χ0n) is 12.8. The molecule has 2 aromatic rings. The van der Waals surface area contributed by atoms with E-state index in [1.807, 2.05) is 0 Å². The fourth-order valence-corrected chi connectivity index (χ4v) is 1.96. The normalized spacial score (nSPS) is 10.4. The van der Waals surface area contributed by atoms with Gasteiger partial charge in [0.15, 0.2) is 11.5 Å². The van der Waals surface area contributed by atoms with Crippen LogP contribution >= 0.6 is 0 Å². The number of aromatic nitrogens is 2. The lowest BCUT2D eigenvalue weighted by atomic mass is 10.3. The van der Waals surface area contributed by atoms with E-state index in [1.165, 1.54) is 50.0 Å². The Bertz CT molecular complexity index is 868. The molecule has 2 rings (SSSR count). The van der Waals surface area contributed by atoms with Gasteiger partial charge in [0.1, 0.15) is 6.61 Å². The molecule has 9 heteroatoms. The molecule has 0 amide bonds. The first kappa shape index (κ1) is 16.3. The lowest BCUT2D eigenvalue weighted by Crippen LogP contribution is -2.38. The highest BCUT2D eigenvalue weighted by Crippen LogP contribution is 2.31. The third-order valence-corrected chi connectivity index (χ3v) is 3.36. The van der Waals surface area contributed by atoms with E-state index in [2.05, 4.69) is 0 Å². The number of nitrogens with zero attached hydrogens (tertiary/aromatic N) is 3. The number of hydrogen-bond donors (Lipinski definition) is 0. The fraction of sp³-hybridized carbons (Fsp3) is 0.286. The Morgan fingerprint density at radius 1 is 1.13 bits per heavy atom. The van der Waals surface area contributed by atoms with Gasteiger partial charge in [-0.3, -0.25) is 24.0 Å². The zero-order chi connectivity index (χ0) is 17.1. The highest BCUT2D eigenvalue weighted by molar-refractivity contribution is 5.48. The molecule has 0 aliphatic rings. The van der Waals surface area contributed by atoms with Crippen molar-refractivity contribution in [3.63, 3.8) is 0 Å². The molecule has 1 heterocycles. The summed E-state index contributed by atoms with van der Waals surface area (Å²) in [5.74, 6) is 0.458. The maximum atomic E-state index is 11.8. The van der Waals surface area contributed by atoms with E-state index in [1.54, 1.807) is 0 Å². The molecule has 0 radical (unpaired) electrons. The third kappa shape index (κ3) is 3.23. The van der Waals surface area contributed by atoms with Gasteiger partial charge in [0.05, 0.1) is 23.8 Å². The standard InChI is InChI=1S/C14H15N3O6/c1-15-10(7-13(18)16(2)14(15)19)8-23-12-6-9(17(20)21)4-5-11(12)22-3/h4-7H,8H2,1-3H3. The van der Waals surface area contributed by atoms with Crippen molar-refractivity contribution in [3.05, 3.63) is 60.9 Å². The van der Waals surface area contributed by atoms with Gasteiger partial charge in [-0.2, -0.15) is 0 Å². The van der Waals surface area contributed by atoms with Crippen LogP contribution in [0.15, 0.2) is 33.9 Å². The third-order valence-electron chi connectivity index (χ3n) is 3.36. The Morgan fingerprint density at radius 3 is 2.43 bits per heavy atom. The minimum Gasteiger partial charge on any atom is -0.493 e. The van der Waals surface area contributed by atoms with Crippen LogP contribution in [0.5, 0.6) is 11.5 Å². The van der Waals surface area contributed by atoms with E-state index < -0.39 is 16.2 Å². The summed E-state index contributed by atoms with van der Waals surface area (Å²) in [6, 6.07) is 5.19. The first-order valence-electron chi connectivity index (χ1n) is 6.56. The van der Waals surface area contributed by atoms with Crippen LogP contribution in [-0.2, 0) is 20.7 Å². The molecule has 0 bridgehead atoms. The average molecular weight is 321 g/mol. The number of rotatable bonds is 5. The first-order valence-corrected chi connectivity index (χ1v) is 6.56. The topological polar surface area (TPSA) is 106 Å². The van der Waals surface area contributed by atoms with E-state index in [-0.39, 0.29) is 18.0 Å². The Morgan fingerprint density at radius 2 is 1.83 bits per heavy atom. The second kappa shape index (κ2) is 6.34. The van der Waals surface area contributed by atoms with Crippen molar-refractivity contribution in [1.82, 2.24) is 9.13 Å². The van der Waals surface area contributed by atoms with Crippen molar-refractivity contribution >= 4 is 5.69 Å². The largest absolute Gasteiger partial charge is 0.493 e. The van der Waals surface area contributed by atoms with Gasteiger partial charge in [0.2, 0.25) is 0 Å². The molecule has 0 saturated heterocycles. The number of nitro benzene ring substituents is 1. The van der Waals surface area contributed by atoms with Crippen LogP contribution in [0.2, 0.25) is 0 Å². The van der Waals surface area contributed by atoms with E-state index in [9.17, 15) is 19.7 Å². The zero-order valence-corrected chi connectivity index (χ0v) is 12.8. The van der Waals surface area contributed by atoms with Gasteiger partial charge < -0.3 is 9.47 Å². The Balaban J connectivity index is 2.35. The molecule has 9 nitrogen and oxygen atoms in total. The van der Waals surface area contributed by atoms with Gasteiger partial charge in [-0.25, -0.2) is 4.79 Å². The lowest BCUT2D eigenvalue weighted by molar-refractivity contribution is -0.385. The quantitative estimate of drug-likeness (QED) is 0.589. The molecule has 0 spiro atoms. The molecule has 122 valence electrons. The smallest absolute Gasteiger partial charge is 0.330 e. The van der Waals surface area contributed by atoms with Crippen molar-refractivity contribution in [2.45, 2.75) is 6.61 Å². The van der Waals surface area contributed by atoms with Gasteiger partial charge in [0.25, 0.3) is 11.2 Å². The fourth-order valence-electron chi connectivity index (χ4n) is 1.96. The molecular weight excluding hydrogens is 306 g/mol. The molecule has 23 heavy (non-hydrogen) atoms. The summed E-state index contributed by atoms with van der Waals surface area (Å²) in [7, 11) is 4.28. The minimum absolute atomic E-state index is 0.112. The summed E-state index contributed by atoms with van der Waals surface area (Å²) in [5.41, 5.74) is -0.759. The van der Waals surface area contributed by atoms with E-state index in [4.69, 9.17) is 9.47 Å². The number of ether oxygens (including phenoxy) is 2. The van der Waals surface area contributed by atoms with E-state index in [0.717, 1.165) is 4.57 Å². The van der Waals surface area contributed by atoms with Crippen LogP contribution in [0.3, 0.4) is 0 Å². The predicted octanol–water partition coefficient (Wildman–Crippen LogP) is 0.580. The van der Waals surface area contributed by atoms with Crippen molar-refractivity contribution in [2.75, 3.05) is 7.11 Å². The van der Waals surface area contributed by atoms with Crippen LogP contribution < -0.4 is 20.7 Å². The minimum atomic E-state index is -0.555. The Hall–Kier alpha value is -3.10. The summed E-state index contributed by atoms with van der Waals surface area (Å²) < 4.78 is 12.8. The molecule has 0 saturated carbocycles. The van der Waals surface area contributed by atoms with Gasteiger partial charge in [-0.05, 0) is 6.07 Å². The Labute approximate surface area is 130 Å². The molecule has 1 aromatic carbocycles. The van der Waals surface area contributed by atoms with E-state index in [0.29, 0.717) is 11.4 Å². The predicted molar refractivity (Wildman–Crippen MR) is 80.9 cm³/mol. The summed E-state index contributed by atoms with van der Waals surface area (Å²) in [6.45, 7) is -0.112. The molecule has 0 aliphatic carbocycles. The SMILES string of the molecule is COc1ccc([N+](=O)[O-])cc1OCc1cc(=O)n(C)c(=O)n1C. The van der Waals surface area contributed by atoms with Gasteiger partial charge in [-0.1, -0.05) is 0 Å². The molecule has 1 aromatic heterocycles. The number of benzene rings is 1. The molecule has 0 N–H and O–H groups in total. The highest BCUT2D eigenvalue weighted by atomic mass is 16.6. The van der Waals surface area contributed by atoms with Crippen molar-refractivity contribution in [2.24, 2.45) is 14.1 Å². The van der Waals surface area contributed by atoms with Crippen LogP contribution in [0, 0.1) is 10.1 Å². The van der Waals surface area contributed by atoms with Crippen LogP contribution in [-0.4, -0.2) is 21.2 Å². The average Bonchev–Trinajstić information content (AvgIpc) is 2.54. The molecule has 0 fully saturated rings.